The Labute approximate surface area is 107 Å². The van der Waals surface area contributed by atoms with Gasteiger partial charge in [-0.05, 0) is 24.7 Å². The van der Waals surface area contributed by atoms with Crippen LogP contribution in [0.3, 0.4) is 0 Å². The number of carbonyl (C=O) groups excluding carboxylic acids is 1. The minimum atomic E-state index is -0.647. The summed E-state index contributed by atoms with van der Waals surface area (Å²) in [7, 11) is 0. The third-order valence-electron chi connectivity index (χ3n) is 3.00. The SMILES string of the molecule is CCN(CC)CCC(=O)Cc1ccc(F)cc1F. The summed E-state index contributed by atoms with van der Waals surface area (Å²) in [5.41, 5.74) is 0.265. The third kappa shape index (κ3) is 4.53. The molecule has 0 radical (unpaired) electrons. The quantitative estimate of drug-likeness (QED) is 0.746. The number of hydrogen-bond donors (Lipinski definition) is 0. The molecule has 0 aliphatic heterocycles. The number of halogens is 2. The van der Waals surface area contributed by atoms with Crippen LogP contribution < -0.4 is 0 Å². The second-order valence-corrected chi connectivity index (χ2v) is 4.23. The van der Waals surface area contributed by atoms with Crippen molar-refractivity contribution in [3.8, 4) is 0 Å². The Morgan fingerprint density at radius 1 is 1.22 bits per heavy atom. The van der Waals surface area contributed by atoms with Crippen molar-refractivity contribution < 1.29 is 13.6 Å². The Kier molecular flexibility index (Phi) is 5.92. The van der Waals surface area contributed by atoms with E-state index < -0.39 is 11.6 Å². The van der Waals surface area contributed by atoms with Crippen LogP contribution in [-0.4, -0.2) is 30.3 Å². The van der Waals surface area contributed by atoms with E-state index in [9.17, 15) is 13.6 Å². The molecule has 0 atom stereocenters. The number of hydrogen-bond acceptors (Lipinski definition) is 2. The van der Waals surface area contributed by atoms with Gasteiger partial charge in [0.05, 0.1) is 0 Å². The Bertz CT molecular complexity index is 403. The van der Waals surface area contributed by atoms with Gasteiger partial charge in [-0.15, -0.1) is 0 Å². The van der Waals surface area contributed by atoms with Gasteiger partial charge in [0, 0.05) is 25.5 Å². The molecule has 0 aliphatic rings. The first kappa shape index (κ1) is 14.8. The molecular formula is C14H19F2NO. The molecule has 100 valence electrons. The number of ketones is 1. The monoisotopic (exact) mass is 255 g/mol. The third-order valence-corrected chi connectivity index (χ3v) is 3.00. The zero-order chi connectivity index (χ0) is 13.5. The summed E-state index contributed by atoms with van der Waals surface area (Å²) in [5.74, 6) is -1.29. The zero-order valence-electron chi connectivity index (χ0n) is 10.9. The molecular weight excluding hydrogens is 236 g/mol. The first-order valence-electron chi connectivity index (χ1n) is 6.24. The summed E-state index contributed by atoms with van der Waals surface area (Å²) in [5, 5.41) is 0. The summed E-state index contributed by atoms with van der Waals surface area (Å²) in [6, 6.07) is 3.32. The number of nitrogens with zero attached hydrogens (tertiary/aromatic N) is 1. The molecule has 18 heavy (non-hydrogen) atoms. The first-order chi connectivity index (χ1) is 8.56. The van der Waals surface area contributed by atoms with E-state index in [1.54, 1.807) is 0 Å². The Morgan fingerprint density at radius 2 is 1.89 bits per heavy atom. The van der Waals surface area contributed by atoms with Crippen molar-refractivity contribution >= 4 is 5.78 Å². The van der Waals surface area contributed by atoms with Gasteiger partial charge >= 0.3 is 0 Å². The van der Waals surface area contributed by atoms with E-state index in [4.69, 9.17) is 0 Å². The number of benzene rings is 1. The highest BCUT2D eigenvalue weighted by Crippen LogP contribution is 2.11. The van der Waals surface area contributed by atoms with E-state index in [-0.39, 0.29) is 17.8 Å². The van der Waals surface area contributed by atoms with Crippen molar-refractivity contribution in [3.05, 3.63) is 35.4 Å². The molecule has 0 unspecified atom stereocenters. The average Bonchev–Trinajstić information content (AvgIpc) is 2.34. The van der Waals surface area contributed by atoms with Gasteiger partial charge in [0.25, 0.3) is 0 Å². The van der Waals surface area contributed by atoms with Gasteiger partial charge in [-0.25, -0.2) is 8.78 Å². The lowest BCUT2D eigenvalue weighted by molar-refractivity contribution is -0.118. The van der Waals surface area contributed by atoms with Gasteiger partial charge in [0.2, 0.25) is 0 Å². The highest BCUT2D eigenvalue weighted by Gasteiger charge is 2.10. The summed E-state index contributed by atoms with van der Waals surface area (Å²) in [4.78, 5) is 13.8. The van der Waals surface area contributed by atoms with Crippen LogP contribution in [0.25, 0.3) is 0 Å². The van der Waals surface area contributed by atoms with Gasteiger partial charge < -0.3 is 4.90 Å². The second kappa shape index (κ2) is 7.21. The molecule has 0 aromatic heterocycles. The molecule has 0 bridgehead atoms. The number of Topliss-reactive ketones (excluding diaryl/α,β-unsaturated/α-hetero) is 1. The first-order valence-corrected chi connectivity index (χ1v) is 6.24. The Morgan fingerprint density at radius 3 is 2.44 bits per heavy atom. The summed E-state index contributed by atoms with van der Waals surface area (Å²) in [6.45, 7) is 6.55. The molecule has 0 aliphatic carbocycles. The van der Waals surface area contributed by atoms with Crippen LogP contribution in [0.2, 0.25) is 0 Å². The lowest BCUT2D eigenvalue weighted by Crippen LogP contribution is -2.26. The van der Waals surface area contributed by atoms with Crippen molar-refractivity contribution in [2.45, 2.75) is 26.7 Å². The molecule has 2 nitrogen and oxygen atoms in total. The predicted molar refractivity (Wildman–Crippen MR) is 67.5 cm³/mol. The Hall–Kier alpha value is -1.29. The van der Waals surface area contributed by atoms with Crippen molar-refractivity contribution in [2.75, 3.05) is 19.6 Å². The smallest absolute Gasteiger partial charge is 0.138 e. The maximum absolute atomic E-state index is 13.3. The minimum Gasteiger partial charge on any atom is -0.303 e. The zero-order valence-corrected chi connectivity index (χ0v) is 10.9. The maximum atomic E-state index is 13.3. The van der Waals surface area contributed by atoms with Crippen LogP contribution in [0.15, 0.2) is 18.2 Å². The summed E-state index contributed by atoms with van der Waals surface area (Å²) in [6.07, 6.45) is 0.436. The van der Waals surface area contributed by atoms with E-state index in [0.717, 1.165) is 19.2 Å². The standard InChI is InChI=1S/C14H19F2NO/c1-3-17(4-2)8-7-13(18)9-11-5-6-12(15)10-14(11)16/h5-6,10H,3-4,7-9H2,1-2H3. The van der Waals surface area contributed by atoms with Gasteiger partial charge in [-0.3, -0.25) is 4.79 Å². The van der Waals surface area contributed by atoms with Crippen LogP contribution >= 0.6 is 0 Å². The van der Waals surface area contributed by atoms with Crippen molar-refractivity contribution in [1.29, 1.82) is 0 Å². The van der Waals surface area contributed by atoms with E-state index >= 15 is 0 Å². The molecule has 0 amide bonds. The van der Waals surface area contributed by atoms with E-state index in [1.807, 2.05) is 13.8 Å². The van der Waals surface area contributed by atoms with Crippen molar-refractivity contribution in [1.82, 2.24) is 4.90 Å². The van der Waals surface area contributed by atoms with Crippen molar-refractivity contribution in [2.24, 2.45) is 0 Å². The molecule has 0 heterocycles. The molecule has 1 rings (SSSR count). The highest BCUT2D eigenvalue weighted by molar-refractivity contribution is 5.81. The van der Waals surface area contributed by atoms with Gasteiger partial charge in [-0.2, -0.15) is 0 Å². The van der Waals surface area contributed by atoms with Crippen molar-refractivity contribution in [3.63, 3.8) is 0 Å². The number of carbonyl (C=O) groups is 1. The average molecular weight is 255 g/mol. The predicted octanol–water partition coefficient (Wildman–Crippen LogP) is 2.81. The normalized spacial score (nSPS) is 10.9. The van der Waals surface area contributed by atoms with E-state index in [1.165, 1.54) is 12.1 Å². The fourth-order valence-electron chi connectivity index (χ4n) is 1.79. The van der Waals surface area contributed by atoms with Crippen LogP contribution in [0.5, 0.6) is 0 Å². The molecule has 1 aromatic rings. The minimum absolute atomic E-state index is 0.0209. The van der Waals surface area contributed by atoms with Crippen LogP contribution in [0.1, 0.15) is 25.8 Å². The van der Waals surface area contributed by atoms with Gasteiger partial charge in [0.1, 0.15) is 17.4 Å². The fourth-order valence-corrected chi connectivity index (χ4v) is 1.79. The largest absolute Gasteiger partial charge is 0.303 e. The van der Waals surface area contributed by atoms with Gasteiger partial charge in [-0.1, -0.05) is 19.9 Å². The summed E-state index contributed by atoms with van der Waals surface area (Å²) >= 11 is 0. The summed E-state index contributed by atoms with van der Waals surface area (Å²) < 4.78 is 26.0. The molecule has 0 fully saturated rings. The fraction of sp³-hybridized carbons (Fsp3) is 0.500. The van der Waals surface area contributed by atoms with Crippen LogP contribution in [0.4, 0.5) is 8.78 Å². The molecule has 0 saturated heterocycles. The lowest BCUT2D eigenvalue weighted by atomic mass is 10.1. The lowest BCUT2D eigenvalue weighted by Gasteiger charge is -2.17. The molecule has 4 heteroatoms. The van der Waals surface area contributed by atoms with Crippen LogP contribution in [-0.2, 0) is 11.2 Å². The highest BCUT2D eigenvalue weighted by atomic mass is 19.1. The molecule has 0 spiro atoms. The number of rotatable bonds is 7. The molecule has 1 aromatic carbocycles. The Balaban J connectivity index is 2.49. The van der Waals surface area contributed by atoms with Crippen LogP contribution in [0, 0.1) is 11.6 Å². The molecule has 0 N–H and O–H groups in total. The molecule has 0 saturated carbocycles. The second-order valence-electron chi connectivity index (χ2n) is 4.23. The van der Waals surface area contributed by atoms with Gasteiger partial charge in [0.15, 0.2) is 0 Å². The van der Waals surface area contributed by atoms with E-state index in [0.29, 0.717) is 13.0 Å². The van der Waals surface area contributed by atoms with E-state index in [2.05, 4.69) is 4.90 Å². The maximum Gasteiger partial charge on any atom is 0.138 e. The topological polar surface area (TPSA) is 20.3 Å².